The number of benzene rings is 2. The number of rotatable bonds is 4. The molecule has 0 aliphatic carbocycles. The van der Waals surface area contributed by atoms with Gasteiger partial charge in [0.15, 0.2) is 0 Å². The van der Waals surface area contributed by atoms with E-state index in [9.17, 15) is 9.59 Å². The third kappa shape index (κ3) is 3.64. The summed E-state index contributed by atoms with van der Waals surface area (Å²) in [7, 11) is 4.07. The molecule has 1 atom stereocenters. The fourth-order valence-corrected chi connectivity index (χ4v) is 5.84. The van der Waals surface area contributed by atoms with Gasteiger partial charge in [0.1, 0.15) is 0 Å². The lowest BCUT2D eigenvalue weighted by atomic mass is 9.77. The van der Waals surface area contributed by atoms with E-state index in [0.717, 1.165) is 86.9 Å². The van der Waals surface area contributed by atoms with E-state index in [-0.39, 0.29) is 17.4 Å². The van der Waals surface area contributed by atoms with Crippen LogP contribution in [0, 0.1) is 0 Å². The summed E-state index contributed by atoms with van der Waals surface area (Å²) in [6.07, 6.45) is 5.39. The molecule has 1 spiro atoms. The molecule has 2 amide bonds. The summed E-state index contributed by atoms with van der Waals surface area (Å²) < 4.78 is 0. The van der Waals surface area contributed by atoms with Crippen LogP contribution in [0.5, 0.6) is 0 Å². The van der Waals surface area contributed by atoms with E-state index in [2.05, 4.69) is 28.0 Å². The van der Waals surface area contributed by atoms with Crippen LogP contribution in [0.4, 0.5) is 5.69 Å². The van der Waals surface area contributed by atoms with Crippen molar-refractivity contribution in [2.24, 2.45) is 0 Å². The van der Waals surface area contributed by atoms with Crippen LogP contribution >= 0.6 is 0 Å². The molecule has 0 N–H and O–H groups in total. The molecule has 6 heteroatoms. The van der Waals surface area contributed by atoms with E-state index < -0.39 is 0 Å². The van der Waals surface area contributed by atoms with Gasteiger partial charge in [-0.2, -0.15) is 0 Å². The van der Waals surface area contributed by atoms with E-state index in [4.69, 9.17) is 0 Å². The number of hydrogen-bond acceptors (Lipinski definition) is 4. The number of piperidine rings is 1. The third-order valence-electron chi connectivity index (χ3n) is 7.76. The van der Waals surface area contributed by atoms with Gasteiger partial charge in [0.05, 0.1) is 6.54 Å². The predicted molar refractivity (Wildman–Crippen MR) is 128 cm³/mol. The van der Waals surface area contributed by atoms with E-state index in [1.807, 2.05) is 42.1 Å². The molecule has 6 nitrogen and oxygen atoms in total. The minimum absolute atomic E-state index is 0.0251. The largest absolute Gasteiger partial charge is 0.377 e. The van der Waals surface area contributed by atoms with Crippen molar-refractivity contribution in [2.75, 3.05) is 58.3 Å². The zero-order chi connectivity index (χ0) is 22.3. The van der Waals surface area contributed by atoms with Crippen LogP contribution in [-0.4, -0.2) is 85.4 Å². The van der Waals surface area contributed by atoms with Gasteiger partial charge in [0.2, 0.25) is 5.91 Å². The summed E-state index contributed by atoms with van der Waals surface area (Å²) in [6, 6.07) is 12.2. The van der Waals surface area contributed by atoms with E-state index >= 15 is 0 Å². The van der Waals surface area contributed by atoms with Crippen LogP contribution in [-0.2, 0) is 4.79 Å². The molecule has 3 aliphatic heterocycles. The maximum absolute atomic E-state index is 13.7. The average molecular weight is 435 g/mol. The van der Waals surface area contributed by atoms with Gasteiger partial charge in [-0.05, 0) is 49.6 Å². The lowest BCUT2D eigenvalue weighted by molar-refractivity contribution is -0.138. The van der Waals surface area contributed by atoms with Crippen molar-refractivity contribution in [3.8, 4) is 0 Å². The Balaban J connectivity index is 1.35. The van der Waals surface area contributed by atoms with Crippen molar-refractivity contribution < 1.29 is 9.59 Å². The number of carbonyl (C=O) groups excluding carboxylic acids is 2. The minimum Gasteiger partial charge on any atom is -0.377 e. The first-order valence-corrected chi connectivity index (χ1v) is 12.0. The van der Waals surface area contributed by atoms with Crippen molar-refractivity contribution in [3.05, 3.63) is 42.0 Å². The molecular formula is C26H34N4O2. The zero-order valence-electron chi connectivity index (χ0n) is 19.3. The molecule has 3 saturated heterocycles. The molecule has 0 bridgehead atoms. The summed E-state index contributed by atoms with van der Waals surface area (Å²) in [5.41, 5.74) is 1.88. The fraction of sp³-hybridized carbons (Fsp3) is 0.538. The van der Waals surface area contributed by atoms with Crippen LogP contribution in [0.15, 0.2) is 36.4 Å². The van der Waals surface area contributed by atoms with Gasteiger partial charge in [-0.3, -0.25) is 14.5 Å². The fourth-order valence-electron chi connectivity index (χ4n) is 5.84. The van der Waals surface area contributed by atoms with Crippen LogP contribution in [0.2, 0.25) is 0 Å². The Labute approximate surface area is 190 Å². The van der Waals surface area contributed by atoms with Crippen molar-refractivity contribution in [3.63, 3.8) is 0 Å². The monoisotopic (exact) mass is 434 g/mol. The quantitative estimate of drug-likeness (QED) is 0.742. The van der Waals surface area contributed by atoms with Crippen LogP contribution < -0.4 is 4.90 Å². The van der Waals surface area contributed by atoms with Crippen LogP contribution in [0.25, 0.3) is 10.8 Å². The maximum Gasteiger partial charge on any atom is 0.254 e. The van der Waals surface area contributed by atoms with Crippen molar-refractivity contribution in [1.29, 1.82) is 0 Å². The highest BCUT2D eigenvalue weighted by Gasteiger charge is 2.49. The second-order valence-electron chi connectivity index (χ2n) is 9.89. The Morgan fingerprint density at radius 3 is 2.28 bits per heavy atom. The summed E-state index contributed by atoms with van der Waals surface area (Å²) in [6.45, 7) is 4.78. The SMILES string of the molecule is CN(C)c1ccc(C(=O)N2CCC[C@@]3(CCN3CC(=O)N3CCCC3)C2)c2ccccc12. The topological polar surface area (TPSA) is 47.1 Å². The van der Waals surface area contributed by atoms with Gasteiger partial charge in [0.25, 0.3) is 5.91 Å². The predicted octanol–water partition coefficient (Wildman–Crippen LogP) is 3.21. The highest BCUT2D eigenvalue weighted by atomic mass is 16.2. The first-order valence-electron chi connectivity index (χ1n) is 12.0. The van der Waals surface area contributed by atoms with Gasteiger partial charge in [0, 0.05) is 69.0 Å². The summed E-state index contributed by atoms with van der Waals surface area (Å²) in [5.74, 6) is 0.374. The maximum atomic E-state index is 13.7. The van der Waals surface area contributed by atoms with E-state index in [1.165, 1.54) is 0 Å². The standard InChI is InChI=1S/C26H34N4O2/c1-27(2)23-11-10-22(20-8-3-4-9-21(20)23)25(32)29-16-7-12-26(19-29)13-17-30(26)18-24(31)28-14-5-6-15-28/h3-4,8-11H,5-7,12-19H2,1-2H3/t26-/m1/s1. The molecule has 0 radical (unpaired) electrons. The van der Waals surface area contributed by atoms with E-state index in [0.29, 0.717) is 6.54 Å². The van der Waals surface area contributed by atoms with Gasteiger partial charge in [-0.1, -0.05) is 24.3 Å². The first-order chi connectivity index (χ1) is 15.5. The Bertz CT molecular complexity index is 1030. The van der Waals surface area contributed by atoms with Gasteiger partial charge in [-0.25, -0.2) is 0 Å². The molecule has 32 heavy (non-hydrogen) atoms. The highest BCUT2D eigenvalue weighted by molar-refractivity contribution is 6.10. The normalized spacial score (nSPS) is 23.6. The number of amides is 2. The Hall–Kier alpha value is -2.60. The number of hydrogen-bond donors (Lipinski definition) is 0. The van der Waals surface area contributed by atoms with Gasteiger partial charge in [-0.15, -0.1) is 0 Å². The number of carbonyl (C=O) groups is 2. The lowest BCUT2D eigenvalue weighted by Crippen LogP contribution is -2.68. The van der Waals surface area contributed by atoms with Crippen molar-refractivity contribution in [1.82, 2.24) is 14.7 Å². The Morgan fingerprint density at radius 1 is 0.875 bits per heavy atom. The number of nitrogens with zero attached hydrogens (tertiary/aromatic N) is 4. The molecule has 170 valence electrons. The number of anilines is 1. The Kier molecular flexibility index (Phi) is 5.58. The molecule has 0 saturated carbocycles. The smallest absolute Gasteiger partial charge is 0.254 e. The summed E-state index contributed by atoms with van der Waals surface area (Å²) in [5, 5.41) is 2.12. The average Bonchev–Trinajstić information content (AvgIpc) is 3.35. The first kappa shape index (κ1) is 21.3. The second kappa shape index (κ2) is 8.39. The second-order valence-corrected chi connectivity index (χ2v) is 9.89. The van der Waals surface area contributed by atoms with Crippen LogP contribution in [0.3, 0.4) is 0 Å². The number of fused-ring (bicyclic) bond motifs is 1. The van der Waals surface area contributed by atoms with Crippen LogP contribution in [0.1, 0.15) is 42.5 Å². The minimum atomic E-state index is -0.0251. The molecule has 0 unspecified atom stereocenters. The van der Waals surface area contributed by atoms with Crippen molar-refractivity contribution >= 4 is 28.3 Å². The highest BCUT2D eigenvalue weighted by Crippen LogP contribution is 2.39. The van der Waals surface area contributed by atoms with Gasteiger partial charge >= 0.3 is 0 Å². The molecule has 3 aliphatic rings. The molecule has 2 aromatic rings. The molecular weight excluding hydrogens is 400 g/mol. The van der Waals surface area contributed by atoms with Gasteiger partial charge < -0.3 is 14.7 Å². The zero-order valence-corrected chi connectivity index (χ0v) is 19.3. The summed E-state index contributed by atoms with van der Waals surface area (Å²) >= 11 is 0. The number of likely N-dealkylation sites (tertiary alicyclic amines) is 3. The molecule has 3 heterocycles. The van der Waals surface area contributed by atoms with Crippen molar-refractivity contribution in [2.45, 2.75) is 37.6 Å². The summed E-state index contributed by atoms with van der Waals surface area (Å²) in [4.78, 5) is 34.9. The Morgan fingerprint density at radius 2 is 1.59 bits per heavy atom. The lowest BCUT2D eigenvalue weighted by Gasteiger charge is -2.57. The molecule has 5 rings (SSSR count). The molecule has 0 aromatic heterocycles. The van der Waals surface area contributed by atoms with E-state index in [1.54, 1.807) is 0 Å². The third-order valence-corrected chi connectivity index (χ3v) is 7.76. The molecule has 3 fully saturated rings. The molecule has 2 aromatic carbocycles.